The van der Waals surface area contributed by atoms with Crippen molar-refractivity contribution in [2.24, 2.45) is 5.92 Å². The molecule has 0 radical (unpaired) electrons. The standard InChI is InChI=1S/C15H24N4O3S/c1-2-3-4-5-12-18-19-15(23-12)17-14(22)16-11-8-6-10(7-9-11)13(20)21/h10-11H,2-9H2,1H3,(H,20,21)(H2,16,17,19,22). The van der Waals surface area contributed by atoms with Crippen molar-refractivity contribution < 1.29 is 14.7 Å². The summed E-state index contributed by atoms with van der Waals surface area (Å²) in [5.41, 5.74) is 0. The number of aliphatic carboxylic acids is 1. The molecule has 1 aromatic heterocycles. The van der Waals surface area contributed by atoms with Crippen LogP contribution in [0.3, 0.4) is 0 Å². The van der Waals surface area contributed by atoms with Gasteiger partial charge >= 0.3 is 12.0 Å². The Balaban J connectivity index is 1.72. The van der Waals surface area contributed by atoms with Gasteiger partial charge in [0.05, 0.1) is 5.92 Å². The van der Waals surface area contributed by atoms with Crippen LogP contribution in [0.1, 0.15) is 56.9 Å². The Hall–Kier alpha value is -1.70. The Labute approximate surface area is 139 Å². The van der Waals surface area contributed by atoms with Crippen molar-refractivity contribution in [3.05, 3.63) is 5.01 Å². The Morgan fingerprint density at radius 3 is 2.61 bits per heavy atom. The fraction of sp³-hybridized carbons (Fsp3) is 0.733. The summed E-state index contributed by atoms with van der Waals surface area (Å²) in [5, 5.41) is 24.1. The highest BCUT2D eigenvalue weighted by Gasteiger charge is 2.26. The summed E-state index contributed by atoms with van der Waals surface area (Å²) in [4.78, 5) is 22.9. The number of hydrogen-bond donors (Lipinski definition) is 3. The molecule has 0 bridgehead atoms. The maximum atomic E-state index is 12.0. The largest absolute Gasteiger partial charge is 0.481 e. The first-order valence-corrected chi connectivity index (χ1v) is 9.02. The summed E-state index contributed by atoms with van der Waals surface area (Å²) in [6.45, 7) is 2.15. The zero-order chi connectivity index (χ0) is 16.7. The Bertz CT molecular complexity index is 527. The molecule has 128 valence electrons. The molecule has 2 amide bonds. The second-order valence-electron chi connectivity index (χ2n) is 5.94. The van der Waals surface area contributed by atoms with Crippen LogP contribution in [0.2, 0.25) is 0 Å². The van der Waals surface area contributed by atoms with Crippen molar-refractivity contribution in [3.63, 3.8) is 0 Å². The SMILES string of the molecule is CCCCCc1nnc(NC(=O)NC2CCC(C(=O)O)CC2)s1. The van der Waals surface area contributed by atoms with E-state index < -0.39 is 5.97 Å². The second kappa shape index (κ2) is 8.81. The molecule has 1 saturated carbocycles. The minimum atomic E-state index is -0.739. The van der Waals surface area contributed by atoms with E-state index in [4.69, 9.17) is 5.11 Å². The first-order valence-electron chi connectivity index (χ1n) is 8.21. The number of amides is 2. The van der Waals surface area contributed by atoms with Crippen LogP contribution >= 0.6 is 11.3 Å². The first kappa shape index (κ1) is 17.7. The van der Waals surface area contributed by atoms with Gasteiger partial charge in [-0.05, 0) is 32.1 Å². The highest BCUT2D eigenvalue weighted by Crippen LogP contribution is 2.24. The molecule has 1 aromatic rings. The van der Waals surface area contributed by atoms with E-state index >= 15 is 0 Å². The van der Waals surface area contributed by atoms with Crippen LogP contribution in [-0.2, 0) is 11.2 Å². The van der Waals surface area contributed by atoms with Crippen LogP contribution in [0.25, 0.3) is 0 Å². The van der Waals surface area contributed by atoms with Gasteiger partial charge in [-0.25, -0.2) is 4.79 Å². The lowest BCUT2D eigenvalue weighted by atomic mass is 9.86. The normalized spacial score (nSPS) is 20.9. The maximum absolute atomic E-state index is 12.0. The van der Waals surface area contributed by atoms with Gasteiger partial charge in [0.1, 0.15) is 5.01 Å². The Morgan fingerprint density at radius 2 is 1.96 bits per heavy atom. The second-order valence-corrected chi connectivity index (χ2v) is 7.01. The minimum Gasteiger partial charge on any atom is -0.481 e. The number of carbonyl (C=O) groups is 2. The molecule has 0 atom stereocenters. The van der Waals surface area contributed by atoms with Gasteiger partial charge < -0.3 is 10.4 Å². The van der Waals surface area contributed by atoms with E-state index in [-0.39, 0.29) is 18.0 Å². The number of rotatable bonds is 7. The molecule has 0 aromatic carbocycles. The van der Waals surface area contributed by atoms with Gasteiger partial charge in [0.2, 0.25) is 5.13 Å². The van der Waals surface area contributed by atoms with Crippen molar-refractivity contribution in [2.45, 2.75) is 64.3 Å². The minimum absolute atomic E-state index is 0.0301. The highest BCUT2D eigenvalue weighted by atomic mass is 32.1. The van der Waals surface area contributed by atoms with Crippen molar-refractivity contribution in [2.75, 3.05) is 5.32 Å². The van der Waals surface area contributed by atoms with E-state index in [0.717, 1.165) is 24.3 Å². The Kier molecular flexibility index (Phi) is 6.76. The molecule has 3 N–H and O–H groups in total. The lowest BCUT2D eigenvalue weighted by Crippen LogP contribution is -2.40. The van der Waals surface area contributed by atoms with Gasteiger partial charge in [0.15, 0.2) is 0 Å². The van der Waals surface area contributed by atoms with Gasteiger partial charge in [-0.3, -0.25) is 10.1 Å². The summed E-state index contributed by atoms with van der Waals surface area (Å²) in [7, 11) is 0. The number of nitrogens with zero attached hydrogens (tertiary/aromatic N) is 2. The van der Waals surface area contributed by atoms with Gasteiger partial charge in [-0.1, -0.05) is 31.1 Å². The smallest absolute Gasteiger partial charge is 0.321 e. The summed E-state index contributed by atoms with van der Waals surface area (Å²) >= 11 is 1.41. The number of aromatic nitrogens is 2. The van der Waals surface area contributed by atoms with Crippen LogP contribution in [0.15, 0.2) is 0 Å². The number of carbonyl (C=O) groups excluding carboxylic acids is 1. The Morgan fingerprint density at radius 1 is 1.22 bits per heavy atom. The summed E-state index contributed by atoms with van der Waals surface area (Å²) in [5.74, 6) is -1.01. The molecule has 1 aliphatic carbocycles. The van der Waals surface area contributed by atoms with Crippen LogP contribution in [0.5, 0.6) is 0 Å². The third-order valence-corrected chi connectivity index (χ3v) is 4.99. The highest BCUT2D eigenvalue weighted by molar-refractivity contribution is 7.15. The number of aryl methyl sites for hydroxylation is 1. The number of urea groups is 1. The summed E-state index contributed by atoms with van der Waals surface area (Å²) in [6, 6.07) is -0.262. The molecule has 0 saturated heterocycles. The molecule has 1 fully saturated rings. The zero-order valence-corrected chi connectivity index (χ0v) is 14.2. The van der Waals surface area contributed by atoms with Crippen molar-refractivity contribution in [3.8, 4) is 0 Å². The monoisotopic (exact) mass is 340 g/mol. The molecular weight excluding hydrogens is 316 g/mol. The number of carboxylic acid groups (broad SMARTS) is 1. The van der Waals surface area contributed by atoms with E-state index in [1.54, 1.807) is 0 Å². The van der Waals surface area contributed by atoms with E-state index in [1.165, 1.54) is 17.8 Å². The molecule has 2 rings (SSSR count). The quantitative estimate of drug-likeness (QED) is 0.662. The van der Waals surface area contributed by atoms with Crippen molar-refractivity contribution in [1.82, 2.24) is 15.5 Å². The molecule has 0 unspecified atom stereocenters. The third-order valence-electron chi connectivity index (χ3n) is 4.09. The number of carboxylic acids is 1. The van der Waals surface area contributed by atoms with Gasteiger partial charge in [-0.2, -0.15) is 0 Å². The molecule has 8 heteroatoms. The lowest BCUT2D eigenvalue weighted by Gasteiger charge is -2.26. The molecule has 7 nitrogen and oxygen atoms in total. The number of nitrogens with one attached hydrogen (secondary N) is 2. The van der Waals surface area contributed by atoms with E-state index in [2.05, 4.69) is 27.8 Å². The fourth-order valence-electron chi connectivity index (χ4n) is 2.73. The number of anilines is 1. The molecule has 1 heterocycles. The van der Waals surface area contributed by atoms with E-state index in [9.17, 15) is 9.59 Å². The van der Waals surface area contributed by atoms with E-state index in [0.29, 0.717) is 30.8 Å². The zero-order valence-electron chi connectivity index (χ0n) is 13.4. The number of unbranched alkanes of at least 4 members (excludes halogenated alkanes) is 2. The van der Waals surface area contributed by atoms with Crippen LogP contribution in [-0.4, -0.2) is 33.3 Å². The van der Waals surface area contributed by atoms with Gasteiger partial charge in [-0.15, -0.1) is 10.2 Å². The fourth-order valence-corrected chi connectivity index (χ4v) is 3.51. The molecular formula is C15H24N4O3S. The van der Waals surface area contributed by atoms with Crippen LogP contribution < -0.4 is 10.6 Å². The first-order chi connectivity index (χ1) is 11.1. The van der Waals surface area contributed by atoms with Crippen molar-refractivity contribution >= 4 is 28.5 Å². The topological polar surface area (TPSA) is 104 Å². The van der Waals surface area contributed by atoms with Crippen LogP contribution in [0.4, 0.5) is 9.93 Å². The number of hydrogen-bond acceptors (Lipinski definition) is 5. The van der Waals surface area contributed by atoms with Crippen molar-refractivity contribution in [1.29, 1.82) is 0 Å². The van der Waals surface area contributed by atoms with E-state index in [1.807, 2.05) is 0 Å². The average Bonchev–Trinajstić information content (AvgIpc) is 2.95. The average molecular weight is 340 g/mol. The molecule has 0 spiro atoms. The molecule has 23 heavy (non-hydrogen) atoms. The van der Waals surface area contributed by atoms with Crippen LogP contribution in [0, 0.1) is 5.92 Å². The molecule has 1 aliphatic rings. The van der Waals surface area contributed by atoms with Gasteiger partial charge in [0, 0.05) is 12.5 Å². The summed E-state index contributed by atoms with van der Waals surface area (Å²) < 4.78 is 0. The van der Waals surface area contributed by atoms with Gasteiger partial charge in [0.25, 0.3) is 0 Å². The molecule has 0 aliphatic heterocycles. The predicted molar refractivity (Wildman–Crippen MR) is 88.7 cm³/mol. The maximum Gasteiger partial charge on any atom is 0.321 e. The summed E-state index contributed by atoms with van der Waals surface area (Å²) in [6.07, 6.45) is 6.93. The third kappa shape index (κ3) is 5.78. The predicted octanol–water partition coefficient (Wildman–Crippen LogP) is 3.04. The lowest BCUT2D eigenvalue weighted by molar-refractivity contribution is -0.142.